The summed E-state index contributed by atoms with van der Waals surface area (Å²) in [5.41, 5.74) is 0. The van der Waals surface area contributed by atoms with E-state index in [0.29, 0.717) is 0 Å². The molecule has 2 N–H and O–H groups in total. The molecule has 10 heteroatoms. The number of hydrogen-bond acceptors (Lipinski definition) is 0. The van der Waals surface area contributed by atoms with Gasteiger partial charge in [-0.15, -0.1) is 0 Å². The largest absolute Gasteiger partial charge is 1.00 e. The summed E-state index contributed by atoms with van der Waals surface area (Å²) in [4.78, 5) is 0. The molecule has 0 radical (unpaired) electrons. The Kier molecular flexibility index (Phi) is 17.5. The second-order valence-corrected chi connectivity index (χ2v) is 10.6. The first kappa shape index (κ1) is 30.9. The van der Waals surface area contributed by atoms with Crippen LogP contribution in [0.3, 0.4) is 0 Å². The fourth-order valence-electron chi connectivity index (χ4n) is 1.91. The van der Waals surface area contributed by atoms with E-state index in [2.05, 4.69) is 20.8 Å². The van der Waals surface area contributed by atoms with Crippen LogP contribution < -0.4 is 18.9 Å². The average Bonchev–Trinajstić information content (AvgIpc) is 2.24. The van der Waals surface area contributed by atoms with Crippen LogP contribution in [-0.2, 0) is 0 Å². The van der Waals surface area contributed by atoms with Crippen LogP contribution >= 0.6 is 7.81 Å². The topological polar surface area (TPSA) is 31.5 Å². The van der Waals surface area contributed by atoms with Gasteiger partial charge >= 0.3 is 51.9 Å². The summed E-state index contributed by atoms with van der Waals surface area (Å²) in [6.07, 6.45) is 8.73. The molecule has 0 aliphatic carbocycles. The van der Waals surface area contributed by atoms with Gasteiger partial charge in [-0.1, -0.05) is 75.1 Å². The fourth-order valence-corrected chi connectivity index (χ4v) is 5.73. The van der Waals surface area contributed by atoms with Crippen molar-refractivity contribution in [2.45, 2.75) is 75.1 Å². The maximum Gasteiger partial charge on any atom is 1.00 e. The van der Waals surface area contributed by atoms with E-state index >= 15 is 0 Å². The molecule has 0 aromatic rings. The molecule has 0 bridgehead atoms. The molecule has 0 spiro atoms. The molecule has 22 heavy (non-hydrogen) atoms. The van der Waals surface area contributed by atoms with E-state index in [1.165, 1.54) is 38.5 Å². The van der Waals surface area contributed by atoms with Gasteiger partial charge in [0.2, 0.25) is 0 Å². The van der Waals surface area contributed by atoms with E-state index in [1.807, 2.05) is 0 Å². The normalized spacial score (nSPS) is 13.5. The minimum atomic E-state index is -10.7. The van der Waals surface area contributed by atoms with Crippen molar-refractivity contribution < 1.29 is 49.5 Å². The summed E-state index contributed by atoms with van der Waals surface area (Å²) in [6.45, 7) is 6.97. The van der Waals surface area contributed by atoms with Gasteiger partial charge in [0.25, 0.3) is 14.1 Å². The molecule has 0 rings (SSSR count). The molecular weight excluding hydrogens is 339 g/mol. The van der Waals surface area contributed by atoms with Gasteiger partial charge < -0.3 is 5.48 Å². The molecule has 1 nitrogen and oxygen atoms in total. The summed E-state index contributed by atoms with van der Waals surface area (Å²) in [6, 6.07) is 0. The van der Waals surface area contributed by atoms with Crippen molar-refractivity contribution in [3.05, 3.63) is 0 Å². The molecule has 0 atom stereocenters. The molecule has 0 aromatic carbocycles. The SMILES string of the molecule is CCC[CH2][Al]([CH2]CCC)[CH2]CCC.F[P-](F)(F)(F)(F)F.O.[Li+]. The first-order valence-corrected chi connectivity index (χ1v) is 11.8. The molecule has 0 aliphatic rings. The van der Waals surface area contributed by atoms with E-state index in [1.54, 1.807) is 15.8 Å². The number of rotatable bonds is 9. The predicted molar refractivity (Wildman–Crippen MR) is 82.1 cm³/mol. The summed E-state index contributed by atoms with van der Waals surface area (Å²) in [5.74, 6) is 0. The Morgan fingerprint density at radius 3 is 0.955 bits per heavy atom. The number of unbranched alkanes of at least 4 members (excludes halogenated alkanes) is 3. The van der Waals surface area contributed by atoms with Crippen molar-refractivity contribution in [2.75, 3.05) is 0 Å². The summed E-state index contributed by atoms with van der Waals surface area (Å²) in [7, 11) is -10.7. The second kappa shape index (κ2) is 12.5. The zero-order valence-corrected chi connectivity index (χ0v) is 16.2. The molecule has 0 aromatic heterocycles. The molecule has 0 saturated carbocycles. The molecular formula is C12H29AlF6LiOP. The van der Waals surface area contributed by atoms with E-state index in [-0.39, 0.29) is 38.5 Å². The van der Waals surface area contributed by atoms with Crippen molar-refractivity contribution in [3.8, 4) is 0 Å². The zero-order chi connectivity index (χ0) is 16.3. The van der Waals surface area contributed by atoms with E-state index < -0.39 is 7.81 Å². The standard InChI is InChI=1S/3C4H9.Al.F6P.Li.H2O/c3*1-3-4-2;;1-7(2,3,4,5)6;;/h3*1,3-4H2,2H3;;;;1H2/q;;;;-1;+1;. The van der Waals surface area contributed by atoms with E-state index in [4.69, 9.17) is 0 Å². The average molecular weight is 368 g/mol. The van der Waals surface area contributed by atoms with Gasteiger partial charge in [0.1, 0.15) is 0 Å². The van der Waals surface area contributed by atoms with Crippen LogP contribution in [0.25, 0.3) is 0 Å². The number of halogens is 6. The van der Waals surface area contributed by atoms with Crippen LogP contribution in [0.5, 0.6) is 0 Å². The summed E-state index contributed by atoms with van der Waals surface area (Å²) < 4.78 is 59.2. The molecule has 0 aliphatic heterocycles. The van der Waals surface area contributed by atoms with Crippen LogP contribution in [-0.4, -0.2) is 19.6 Å². The third-order valence-corrected chi connectivity index (χ3v) is 6.57. The summed E-state index contributed by atoms with van der Waals surface area (Å²) in [5, 5.41) is 4.86. The van der Waals surface area contributed by atoms with Crippen LogP contribution in [0.2, 0.25) is 15.8 Å². The van der Waals surface area contributed by atoms with Gasteiger partial charge in [-0.05, 0) is 0 Å². The Balaban J connectivity index is -0.000000156. The molecule has 0 saturated heterocycles. The zero-order valence-electron chi connectivity index (χ0n) is 14.2. The third-order valence-electron chi connectivity index (χ3n) is 2.90. The predicted octanol–water partition coefficient (Wildman–Crippen LogP) is 4.44. The Hall–Kier alpha value is 1.10. The molecule has 134 valence electrons. The molecule has 0 unspecified atom stereocenters. The van der Waals surface area contributed by atoms with Crippen molar-refractivity contribution in [1.82, 2.24) is 0 Å². The van der Waals surface area contributed by atoms with Crippen molar-refractivity contribution in [1.29, 1.82) is 0 Å². The maximum absolute atomic E-state index is 10.7. The number of hydrogen-bond donors (Lipinski definition) is 0. The van der Waals surface area contributed by atoms with Gasteiger partial charge in [0.15, 0.2) is 0 Å². The van der Waals surface area contributed by atoms with Crippen LogP contribution in [0, 0.1) is 0 Å². The van der Waals surface area contributed by atoms with Gasteiger partial charge in [0.05, 0.1) is 0 Å². The van der Waals surface area contributed by atoms with E-state index in [9.17, 15) is 25.2 Å². The molecule has 0 heterocycles. The van der Waals surface area contributed by atoms with Crippen LogP contribution in [0.15, 0.2) is 0 Å². The monoisotopic (exact) mass is 368 g/mol. The summed E-state index contributed by atoms with van der Waals surface area (Å²) >= 11 is -0.287. The first-order chi connectivity index (χ1) is 8.80. The molecule has 0 amide bonds. The van der Waals surface area contributed by atoms with E-state index in [0.717, 1.165) is 0 Å². The smallest absolute Gasteiger partial charge is 0.412 e. The Morgan fingerprint density at radius 2 is 0.818 bits per heavy atom. The van der Waals surface area contributed by atoms with Gasteiger partial charge in [-0.3, -0.25) is 0 Å². The minimum Gasteiger partial charge on any atom is -0.412 e. The van der Waals surface area contributed by atoms with Gasteiger partial charge in [-0.25, -0.2) is 0 Å². The fraction of sp³-hybridized carbons (Fsp3) is 1.00. The Bertz CT molecular complexity index is 219. The third kappa shape index (κ3) is 49.7. The maximum atomic E-state index is 9.87. The Labute approximate surface area is 146 Å². The second-order valence-electron chi connectivity index (χ2n) is 5.25. The van der Waals surface area contributed by atoms with Gasteiger partial charge in [-0.2, -0.15) is 0 Å². The van der Waals surface area contributed by atoms with Gasteiger partial charge in [0, 0.05) is 0 Å². The minimum absolute atomic E-state index is 0. The van der Waals surface area contributed by atoms with Crippen LogP contribution in [0.4, 0.5) is 25.2 Å². The van der Waals surface area contributed by atoms with Crippen molar-refractivity contribution in [2.24, 2.45) is 0 Å². The molecule has 0 fully saturated rings. The van der Waals surface area contributed by atoms with Crippen LogP contribution in [0.1, 0.15) is 59.3 Å². The first-order valence-electron chi connectivity index (χ1n) is 7.36. The van der Waals surface area contributed by atoms with Crippen molar-refractivity contribution in [3.63, 3.8) is 0 Å². The quantitative estimate of drug-likeness (QED) is 0.327. The van der Waals surface area contributed by atoms with Crippen molar-refractivity contribution >= 4 is 22.0 Å². The Morgan fingerprint density at radius 1 is 0.636 bits per heavy atom.